The predicted octanol–water partition coefficient (Wildman–Crippen LogP) is 1.77. The highest BCUT2D eigenvalue weighted by Gasteiger charge is 2.36. The second-order valence-corrected chi connectivity index (χ2v) is 8.00. The lowest BCUT2D eigenvalue weighted by atomic mass is 10.0. The molecule has 2 atom stereocenters. The Morgan fingerprint density at radius 1 is 1.54 bits per heavy atom. The Labute approximate surface area is 145 Å². The fourth-order valence-electron chi connectivity index (χ4n) is 3.15. The molecule has 0 aromatic carbocycles. The van der Waals surface area contributed by atoms with Crippen molar-refractivity contribution in [3.05, 3.63) is 10.7 Å². The molecule has 1 aromatic heterocycles. The molecule has 132 valence electrons. The fourth-order valence-corrected chi connectivity index (χ4v) is 3.99. The molecular weight excluding hydrogens is 328 g/mol. The molecule has 2 saturated heterocycles. The van der Waals surface area contributed by atoms with Crippen molar-refractivity contribution in [2.24, 2.45) is 5.92 Å². The number of carbonyl (C=O) groups is 2. The average Bonchev–Trinajstić information content (AvgIpc) is 2.85. The maximum absolute atomic E-state index is 12.6. The first-order chi connectivity index (χ1) is 11.4. The van der Waals surface area contributed by atoms with Crippen molar-refractivity contribution in [1.82, 2.24) is 15.2 Å². The van der Waals surface area contributed by atoms with E-state index in [1.54, 1.807) is 4.90 Å². The Morgan fingerprint density at radius 2 is 2.33 bits per heavy atom. The van der Waals surface area contributed by atoms with Gasteiger partial charge in [-0.2, -0.15) is 0 Å². The number of rotatable bonds is 3. The SMILES string of the molecule is Cc1nc(CC(C)C)c(NC(=O)N2CC[C@@H]3OCC(=O)N[C@H]3C2)s1. The molecule has 0 bridgehead atoms. The summed E-state index contributed by atoms with van der Waals surface area (Å²) in [5, 5.41) is 7.70. The van der Waals surface area contributed by atoms with E-state index < -0.39 is 0 Å². The van der Waals surface area contributed by atoms with Gasteiger partial charge < -0.3 is 15.0 Å². The lowest BCUT2D eigenvalue weighted by molar-refractivity contribution is -0.139. The molecule has 0 unspecified atom stereocenters. The molecule has 3 amide bonds. The molecule has 2 fully saturated rings. The van der Waals surface area contributed by atoms with Gasteiger partial charge in [-0.05, 0) is 25.7 Å². The minimum absolute atomic E-state index is 0.00824. The summed E-state index contributed by atoms with van der Waals surface area (Å²) in [5.74, 6) is 0.364. The highest BCUT2D eigenvalue weighted by Crippen LogP contribution is 2.27. The van der Waals surface area contributed by atoms with E-state index in [4.69, 9.17) is 4.74 Å². The Balaban J connectivity index is 1.64. The van der Waals surface area contributed by atoms with Crippen LogP contribution in [0.25, 0.3) is 0 Å². The number of fused-ring (bicyclic) bond motifs is 1. The summed E-state index contributed by atoms with van der Waals surface area (Å²) in [4.78, 5) is 30.4. The number of amides is 3. The first-order valence-corrected chi connectivity index (χ1v) is 9.17. The van der Waals surface area contributed by atoms with E-state index in [2.05, 4.69) is 29.5 Å². The Bertz CT molecular complexity index is 631. The molecule has 8 heteroatoms. The van der Waals surface area contributed by atoms with E-state index in [-0.39, 0.29) is 30.7 Å². The van der Waals surface area contributed by atoms with Gasteiger partial charge in [-0.15, -0.1) is 11.3 Å². The van der Waals surface area contributed by atoms with Crippen LogP contribution in [-0.4, -0.2) is 53.7 Å². The van der Waals surface area contributed by atoms with Crippen molar-refractivity contribution in [3.8, 4) is 0 Å². The zero-order valence-corrected chi connectivity index (χ0v) is 15.1. The molecule has 3 heterocycles. The van der Waals surface area contributed by atoms with Crippen molar-refractivity contribution >= 4 is 28.3 Å². The number of aryl methyl sites for hydroxylation is 1. The third-order valence-electron chi connectivity index (χ3n) is 4.24. The van der Waals surface area contributed by atoms with Gasteiger partial charge in [0.25, 0.3) is 0 Å². The van der Waals surface area contributed by atoms with E-state index in [1.165, 1.54) is 11.3 Å². The second kappa shape index (κ2) is 7.06. The number of aromatic nitrogens is 1. The van der Waals surface area contributed by atoms with Crippen LogP contribution in [0, 0.1) is 12.8 Å². The van der Waals surface area contributed by atoms with Gasteiger partial charge in [-0.1, -0.05) is 13.8 Å². The number of hydrogen-bond donors (Lipinski definition) is 2. The number of anilines is 1. The normalized spacial score (nSPS) is 23.8. The Kier molecular flexibility index (Phi) is 5.05. The van der Waals surface area contributed by atoms with Crippen LogP contribution in [0.1, 0.15) is 31.0 Å². The number of likely N-dealkylation sites (tertiary alicyclic amines) is 1. The third-order valence-corrected chi connectivity index (χ3v) is 5.17. The molecule has 2 aliphatic heterocycles. The van der Waals surface area contributed by atoms with E-state index in [0.29, 0.717) is 19.0 Å². The highest BCUT2D eigenvalue weighted by atomic mass is 32.1. The number of nitrogens with one attached hydrogen (secondary N) is 2. The summed E-state index contributed by atoms with van der Waals surface area (Å²) in [5.41, 5.74) is 0.949. The van der Waals surface area contributed by atoms with Gasteiger partial charge in [0.1, 0.15) is 11.6 Å². The molecule has 2 N–H and O–H groups in total. The van der Waals surface area contributed by atoms with Crippen LogP contribution in [0.2, 0.25) is 0 Å². The molecule has 0 saturated carbocycles. The van der Waals surface area contributed by atoms with E-state index >= 15 is 0 Å². The molecule has 0 radical (unpaired) electrons. The first-order valence-electron chi connectivity index (χ1n) is 8.35. The zero-order valence-electron chi connectivity index (χ0n) is 14.3. The minimum atomic E-state index is -0.137. The quantitative estimate of drug-likeness (QED) is 0.868. The molecule has 3 rings (SSSR count). The topological polar surface area (TPSA) is 83.6 Å². The van der Waals surface area contributed by atoms with Gasteiger partial charge in [0, 0.05) is 13.1 Å². The zero-order chi connectivity index (χ0) is 17.3. The number of urea groups is 1. The maximum atomic E-state index is 12.6. The lowest BCUT2D eigenvalue weighted by Crippen LogP contribution is -2.61. The van der Waals surface area contributed by atoms with Crippen LogP contribution >= 0.6 is 11.3 Å². The smallest absolute Gasteiger partial charge is 0.322 e. The van der Waals surface area contributed by atoms with E-state index in [9.17, 15) is 9.59 Å². The first kappa shape index (κ1) is 17.2. The molecule has 2 aliphatic rings. The molecule has 1 aromatic rings. The van der Waals surface area contributed by atoms with Crippen LogP contribution in [0.15, 0.2) is 0 Å². The Morgan fingerprint density at radius 3 is 3.08 bits per heavy atom. The summed E-state index contributed by atoms with van der Waals surface area (Å²) < 4.78 is 5.53. The van der Waals surface area contributed by atoms with Crippen LogP contribution in [0.3, 0.4) is 0 Å². The van der Waals surface area contributed by atoms with E-state index in [1.807, 2.05) is 6.92 Å². The van der Waals surface area contributed by atoms with Gasteiger partial charge in [0.05, 0.1) is 22.8 Å². The van der Waals surface area contributed by atoms with Gasteiger partial charge in [-0.3, -0.25) is 10.1 Å². The van der Waals surface area contributed by atoms with Crippen molar-refractivity contribution in [3.63, 3.8) is 0 Å². The Hall–Kier alpha value is -1.67. The average molecular weight is 352 g/mol. The summed E-state index contributed by atoms with van der Waals surface area (Å²) in [6.45, 7) is 7.43. The highest BCUT2D eigenvalue weighted by molar-refractivity contribution is 7.16. The summed E-state index contributed by atoms with van der Waals surface area (Å²) >= 11 is 1.51. The summed E-state index contributed by atoms with van der Waals surface area (Å²) in [6.07, 6.45) is 1.59. The maximum Gasteiger partial charge on any atom is 0.322 e. The molecule has 0 spiro atoms. The fraction of sp³-hybridized carbons (Fsp3) is 0.688. The van der Waals surface area contributed by atoms with Gasteiger partial charge >= 0.3 is 6.03 Å². The number of hydrogen-bond acceptors (Lipinski definition) is 5. The minimum Gasteiger partial charge on any atom is -0.366 e. The van der Waals surface area contributed by atoms with Crippen molar-refractivity contribution in [1.29, 1.82) is 0 Å². The molecule has 0 aliphatic carbocycles. The largest absolute Gasteiger partial charge is 0.366 e. The third kappa shape index (κ3) is 3.87. The van der Waals surface area contributed by atoms with Gasteiger partial charge in [0.2, 0.25) is 5.91 Å². The van der Waals surface area contributed by atoms with Crippen molar-refractivity contribution in [2.45, 2.75) is 45.8 Å². The van der Waals surface area contributed by atoms with Gasteiger partial charge in [0.15, 0.2) is 0 Å². The number of thiazole rings is 1. The van der Waals surface area contributed by atoms with Crippen molar-refractivity contribution in [2.75, 3.05) is 25.0 Å². The summed E-state index contributed by atoms with van der Waals surface area (Å²) in [6, 6.07) is -0.258. The molecule has 24 heavy (non-hydrogen) atoms. The second-order valence-electron chi connectivity index (χ2n) is 6.79. The standard InChI is InChI=1S/C16H24N4O3S/c1-9(2)6-11-15(24-10(3)17-11)19-16(22)20-5-4-13-12(7-20)18-14(21)8-23-13/h9,12-13H,4-8H2,1-3H3,(H,18,21)(H,19,22)/t12-,13-/m0/s1. The number of carbonyl (C=O) groups excluding carboxylic acids is 2. The lowest BCUT2D eigenvalue weighted by Gasteiger charge is -2.40. The van der Waals surface area contributed by atoms with E-state index in [0.717, 1.165) is 28.5 Å². The van der Waals surface area contributed by atoms with Crippen LogP contribution in [0.4, 0.5) is 9.80 Å². The number of ether oxygens (including phenoxy) is 1. The number of piperidine rings is 1. The van der Waals surface area contributed by atoms with Crippen molar-refractivity contribution < 1.29 is 14.3 Å². The van der Waals surface area contributed by atoms with Crippen LogP contribution < -0.4 is 10.6 Å². The van der Waals surface area contributed by atoms with Crippen LogP contribution in [0.5, 0.6) is 0 Å². The number of morpholine rings is 1. The number of nitrogens with zero attached hydrogens (tertiary/aromatic N) is 2. The van der Waals surface area contributed by atoms with Gasteiger partial charge in [-0.25, -0.2) is 9.78 Å². The van der Waals surface area contributed by atoms with Crippen LogP contribution in [-0.2, 0) is 16.0 Å². The predicted molar refractivity (Wildman–Crippen MR) is 92.3 cm³/mol. The summed E-state index contributed by atoms with van der Waals surface area (Å²) in [7, 11) is 0. The molecule has 7 nitrogen and oxygen atoms in total. The monoisotopic (exact) mass is 352 g/mol. The molecular formula is C16H24N4O3S.